The van der Waals surface area contributed by atoms with Crippen LogP contribution in [0.2, 0.25) is 0 Å². The molecule has 3 aliphatic rings. The lowest BCUT2D eigenvalue weighted by Gasteiger charge is -2.47. The van der Waals surface area contributed by atoms with Crippen LogP contribution in [-0.2, 0) is 9.59 Å². The molecule has 2 amide bonds. The van der Waals surface area contributed by atoms with E-state index in [1.54, 1.807) is 0 Å². The fraction of sp³-hybridized carbons (Fsp3) is 0.867. The molecule has 0 aromatic rings. The number of nitrogens with one attached hydrogen (secondary N) is 1. The molecule has 4 heteroatoms. The van der Waals surface area contributed by atoms with Gasteiger partial charge in [0.25, 0.3) is 0 Å². The van der Waals surface area contributed by atoms with Gasteiger partial charge in [0.15, 0.2) is 0 Å². The van der Waals surface area contributed by atoms with Crippen molar-refractivity contribution >= 4 is 11.8 Å². The zero-order chi connectivity index (χ0) is 13.6. The first-order valence-electron chi connectivity index (χ1n) is 7.74. The van der Waals surface area contributed by atoms with Crippen LogP contribution in [0.5, 0.6) is 0 Å². The Bertz CT molecular complexity index is 397. The van der Waals surface area contributed by atoms with E-state index in [9.17, 15) is 9.59 Å². The molecule has 2 atom stereocenters. The van der Waals surface area contributed by atoms with Crippen LogP contribution in [0.4, 0.5) is 0 Å². The summed E-state index contributed by atoms with van der Waals surface area (Å²) < 4.78 is 0. The maximum atomic E-state index is 12.9. The molecule has 1 spiro atoms. The van der Waals surface area contributed by atoms with Crippen molar-refractivity contribution in [2.75, 3.05) is 0 Å². The van der Waals surface area contributed by atoms with Crippen LogP contribution in [0.1, 0.15) is 58.8 Å². The van der Waals surface area contributed by atoms with Crippen molar-refractivity contribution in [2.24, 2.45) is 5.92 Å². The van der Waals surface area contributed by atoms with Gasteiger partial charge in [-0.2, -0.15) is 0 Å². The zero-order valence-corrected chi connectivity index (χ0v) is 11.9. The standard InChI is InChI=1S/C15H24N2O2/c1-3-10(2)17-12(11-6-7-11)13(18)16-15(14(17)19)8-4-5-9-15/h10-12H,3-9H2,1-2H3,(H,16,18). The molecule has 0 bridgehead atoms. The van der Waals surface area contributed by atoms with Crippen molar-refractivity contribution in [2.45, 2.75) is 76.4 Å². The predicted octanol–water partition coefficient (Wildman–Crippen LogP) is 1.83. The Labute approximate surface area is 114 Å². The molecule has 2 aliphatic carbocycles. The normalized spacial score (nSPS) is 31.7. The quantitative estimate of drug-likeness (QED) is 0.845. The highest BCUT2D eigenvalue weighted by Crippen LogP contribution is 2.42. The molecule has 2 saturated carbocycles. The summed E-state index contributed by atoms with van der Waals surface area (Å²) in [6.07, 6.45) is 6.83. The first-order chi connectivity index (χ1) is 9.09. The molecular weight excluding hydrogens is 240 g/mol. The Morgan fingerprint density at radius 1 is 1.32 bits per heavy atom. The van der Waals surface area contributed by atoms with Crippen LogP contribution in [0.25, 0.3) is 0 Å². The first-order valence-corrected chi connectivity index (χ1v) is 7.74. The maximum Gasteiger partial charge on any atom is 0.249 e. The molecular formula is C15H24N2O2. The van der Waals surface area contributed by atoms with Crippen molar-refractivity contribution in [1.29, 1.82) is 0 Å². The van der Waals surface area contributed by atoms with E-state index in [2.05, 4.69) is 19.2 Å². The number of piperazine rings is 1. The van der Waals surface area contributed by atoms with Crippen molar-refractivity contribution in [3.63, 3.8) is 0 Å². The Balaban J connectivity index is 1.93. The molecule has 3 fully saturated rings. The fourth-order valence-electron chi connectivity index (χ4n) is 3.70. The Morgan fingerprint density at radius 2 is 1.95 bits per heavy atom. The van der Waals surface area contributed by atoms with Gasteiger partial charge in [0.1, 0.15) is 11.6 Å². The second-order valence-electron chi connectivity index (χ2n) is 6.53. The van der Waals surface area contributed by atoms with Crippen LogP contribution in [0, 0.1) is 5.92 Å². The van der Waals surface area contributed by atoms with Gasteiger partial charge in [-0.05, 0) is 44.9 Å². The molecule has 1 heterocycles. The fourth-order valence-corrected chi connectivity index (χ4v) is 3.70. The summed E-state index contributed by atoms with van der Waals surface area (Å²) in [7, 11) is 0. The average Bonchev–Trinajstić information content (AvgIpc) is 3.12. The topological polar surface area (TPSA) is 49.4 Å². The van der Waals surface area contributed by atoms with Crippen LogP contribution in [0.3, 0.4) is 0 Å². The molecule has 0 aromatic carbocycles. The monoisotopic (exact) mass is 264 g/mol. The lowest BCUT2D eigenvalue weighted by atomic mass is 9.88. The van der Waals surface area contributed by atoms with Gasteiger partial charge in [-0.25, -0.2) is 0 Å². The second kappa shape index (κ2) is 4.50. The number of amides is 2. The smallest absolute Gasteiger partial charge is 0.249 e. The average molecular weight is 264 g/mol. The lowest BCUT2D eigenvalue weighted by Crippen LogP contribution is -2.71. The van der Waals surface area contributed by atoms with Crippen LogP contribution >= 0.6 is 0 Å². The summed E-state index contributed by atoms with van der Waals surface area (Å²) in [5, 5.41) is 3.09. The van der Waals surface area contributed by atoms with E-state index >= 15 is 0 Å². The Hall–Kier alpha value is -1.06. The molecule has 1 N–H and O–H groups in total. The Kier molecular flexibility index (Phi) is 3.06. The molecule has 1 aliphatic heterocycles. The van der Waals surface area contributed by atoms with Gasteiger partial charge >= 0.3 is 0 Å². The maximum absolute atomic E-state index is 12.9. The highest BCUT2D eigenvalue weighted by Gasteiger charge is 2.56. The summed E-state index contributed by atoms with van der Waals surface area (Å²) in [4.78, 5) is 27.4. The summed E-state index contributed by atoms with van der Waals surface area (Å²) >= 11 is 0. The van der Waals surface area contributed by atoms with Crippen LogP contribution in [0.15, 0.2) is 0 Å². The molecule has 1 saturated heterocycles. The van der Waals surface area contributed by atoms with Crippen molar-refractivity contribution in [3.05, 3.63) is 0 Å². The van der Waals surface area contributed by atoms with E-state index in [0.717, 1.165) is 44.9 Å². The van der Waals surface area contributed by atoms with Gasteiger partial charge in [-0.1, -0.05) is 19.8 Å². The minimum absolute atomic E-state index is 0.101. The van der Waals surface area contributed by atoms with E-state index in [4.69, 9.17) is 0 Å². The molecule has 19 heavy (non-hydrogen) atoms. The highest BCUT2D eigenvalue weighted by atomic mass is 16.2. The number of carbonyl (C=O) groups is 2. The third kappa shape index (κ3) is 1.96. The van der Waals surface area contributed by atoms with Gasteiger partial charge in [0.05, 0.1) is 0 Å². The van der Waals surface area contributed by atoms with E-state index in [0.29, 0.717) is 5.92 Å². The Morgan fingerprint density at radius 3 is 2.47 bits per heavy atom. The number of nitrogens with zero attached hydrogens (tertiary/aromatic N) is 1. The van der Waals surface area contributed by atoms with Gasteiger partial charge in [-0.3, -0.25) is 9.59 Å². The summed E-state index contributed by atoms with van der Waals surface area (Å²) in [6.45, 7) is 4.17. The third-order valence-electron chi connectivity index (χ3n) is 5.17. The molecule has 3 rings (SSSR count). The summed E-state index contributed by atoms with van der Waals surface area (Å²) in [6, 6.07) is -0.0321. The van der Waals surface area contributed by atoms with Gasteiger partial charge in [0, 0.05) is 6.04 Å². The second-order valence-corrected chi connectivity index (χ2v) is 6.53. The summed E-state index contributed by atoms with van der Waals surface area (Å²) in [5.41, 5.74) is -0.564. The summed E-state index contributed by atoms with van der Waals surface area (Å²) in [5.74, 6) is 0.692. The number of carbonyl (C=O) groups excluding carboxylic acids is 2. The highest BCUT2D eigenvalue weighted by molar-refractivity contribution is 6.00. The first kappa shape index (κ1) is 12.9. The van der Waals surface area contributed by atoms with Crippen molar-refractivity contribution < 1.29 is 9.59 Å². The number of hydrogen-bond acceptors (Lipinski definition) is 2. The zero-order valence-electron chi connectivity index (χ0n) is 11.9. The molecule has 0 aromatic heterocycles. The number of rotatable bonds is 3. The van der Waals surface area contributed by atoms with Crippen molar-refractivity contribution in [3.8, 4) is 0 Å². The minimum Gasteiger partial charge on any atom is -0.340 e. The molecule has 4 nitrogen and oxygen atoms in total. The third-order valence-corrected chi connectivity index (χ3v) is 5.17. The van der Waals surface area contributed by atoms with E-state index in [1.165, 1.54) is 0 Å². The van der Waals surface area contributed by atoms with E-state index < -0.39 is 5.54 Å². The van der Waals surface area contributed by atoms with Gasteiger partial charge in [0.2, 0.25) is 11.8 Å². The van der Waals surface area contributed by atoms with Crippen molar-refractivity contribution in [1.82, 2.24) is 10.2 Å². The van der Waals surface area contributed by atoms with Crippen LogP contribution in [-0.4, -0.2) is 34.3 Å². The SMILES string of the molecule is CCC(C)N1C(=O)C2(CCCC2)NC(=O)C1C1CC1. The van der Waals surface area contributed by atoms with Gasteiger partial charge < -0.3 is 10.2 Å². The predicted molar refractivity (Wildman–Crippen MR) is 72.5 cm³/mol. The largest absolute Gasteiger partial charge is 0.340 e. The molecule has 2 unspecified atom stereocenters. The van der Waals surface area contributed by atoms with Gasteiger partial charge in [-0.15, -0.1) is 0 Å². The minimum atomic E-state index is -0.564. The lowest BCUT2D eigenvalue weighted by molar-refractivity contribution is -0.158. The number of hydrogen-bond donors (Lipinski definition) is 1. The molecule has 0 radical (unpaired) electrons. The van der Waals surface area contributed by atoms with E-state index in [-0.39, 0.29) is 23.9 Å². The van der Waals surface area contributed by atoms with E-state index in [1.807, 2.05) is 4.90 Å². The van der Waals surface area contributed by atoms with Crippen LogP contribution < -0.4 is 5.32 Å². The molecule has 106 valence electrons.